The van der Waals surface area contributed by atoms with Gasteiger partial charge in [-0.25, -0.2) is 0 Å². The van der Waals surface area contributed by atoms with Gasteiger partial charge in [0.25, 0.3) is 0 Å². The first-order valence-corrected chi connectivity index (χ1v) is 5.45. The average Bonchev–Trinajstić information content (AvgIpc) is 2.82. The first-order chi connectivity index (χ1) is 7.33. The van der Waals surface area contributed by atoms with Crippen molar-refractivity contribution in [1.82, 2.24) is 14.7 Å². The maximum atomic E-state index is 4.62. The lowest BCUT2D eigenvalue weighted by molar-refractivity contribution is 0.383. The maximum Gasteiger partial charge on any atom is 0.0923 e. The number of aromatic nitrogens is 2. The van der Waals surface area contributed by atoms with Crippen molar-refractivity contribution in [3.63, 3.8) is 0 Å². The highest BCUT2D eigenvalue weighted by Crippen LogP contribution is 2.22. The van der Waals surface area contributed by atoms with E-state index in [1.165, 1.54) is 18.4 Å². The first-order valence-electron chi connectivity index (χ1n) is 5.45. The lowest BCUT2D eigenvalue weighted by Crippen LogP contribution is -2.16. The van der Waals surface area contributed by atoms with Crippen LogP contribution in [0.5, 0.6) is 0 Å². The third-order valence-corrected chi connectivity index (χ3v) is 3.17. The average molecular weight is 201 g/mol. The zero-order chi connectivity index (χ0) is 10.3. The quantitative estimate of drug-likeness (QED) is 0.702. The molecule has 1 atom stereocenters. The second kappa shape index (κ2) is 3.35. The smallest absolute Gasteiger partial charge is 0.0923 e. The molecular weight excluding hydrogens is 186 g/mol. The predicted octanol–water partition coefficient (Wildman–Crippen LogP) is 1.91. The highest BCUT2D eigenvalue weighted by Gasteiger charge is 2.21. The zero-order valence-electron chi connectivity index (χ0n) is 8.93. The molecule has 1 unspecified atom stereocenters. The van der Waals surface area contributed by atoms with Gasteiger partial charge in [-0.3, -0.25) is 4.68 Å². The van der Waals surface area contributed by atoms with Crippen LogP contribution in [0, 0.1) is 0 Å². The Morgan fingerprint density at radius 3 is 2.93 bits per heavy atom. The molecule has 1 aromatic carbocycles. The summed E-state index contributed by atoms with van der Waals surface area (Å²) in [6.07, 6.45) is 3.38. The highest BCUT2D eigenvalue weighted by atomic mass is 15.3. The van der Waals surface area contributed by atoms with Crippen molar-refractivity contribution >= 4 is 10.9 Å². The van der Waals surface area contributed by atoms with E-state index in [1.807, 2.05) is 6.07 Å². The number of hydrogen-bond acceptors (Lipinski definition) is 2. The fraction of sp³-hybridized carbons (Fsp3) is 0.417. The lowest BCUT2D eigenvalue weighted by atomic mass is 10.2. The Balaban J connectivity index is 1.98. The van der Waals surface area contributed by atoms with Crippen molar-refractivity contribution in [3.8, 4) is 0 Å². The molecule has 1 saturated heterocycles. The van der Waals surface area contributed by atoms with Crippen molar-refractivity contribution in [2.45, 2.75) is 12.5 Å². The molecule has 3 rings (SSSR count). The standard InChI is InChI=1S/C12H15N3/c1-14-7-6-11(9-14)15-8-10-4-2-3-5-12(10)13-15/h2-5,8,11H,6-7,9H2,1H3. The number of hydrogen-bond donors (Lipinski definition) is 0. The Bertz CT molecular complexity index is 441. The van der Waals surface area contributed by atoms with Crippen LogP contribution in [-0.2, 0) is 0 Å². The van der Waals surface area contributed by atoms with Crippen LogP contribution in [0.4, 0.5) is 0 Å². The van der Waals surface area contributed by atoms with E-state index < -0.39 is 0 Å². The Labute approximate surface area is 89.3 Å². The van der Waals surface area contributed by atoms with Crippen molar-refractivity contribution in [1.29, 1.82) is 0 Å². The molecule has 0 spiro atoms. The van der Waals surface area contributed by atoms with Gasteiger partial charge in [0, 0.05) is 18.1 Å². The molecule has 0 bridgehead atoms. The molecule has 15 heavy (non-hydrogen) atoms. The number of likely N-dealkylation sites (tertiary alicyclic amines) is 1. The molecule has 0 aliphatic carbocycles. The summed E-state index contributed by atoms with van der Waals surface area (Å²) >= 11 is 0. The number of rotatable bonds is 1. The van der Waals surface area contributed by atoms with E-state index in [1.54, 1.807) is 0 Å². The molecule has 1 aliphatic heterocycles. The van der Waals surface area contributed by atoms with Gasteiger partial charge in [0.2, 0.25) is 0 Å². The molecule has 0 amide bonds. The molecule has 2 aromatic rings. The molecular formula is C12H15N3. The van der Waals surface area contributed by atoms with Gasteiger partial charge in [0.15, 0.2) is 0 Å². The maximum absolute atomic E-state index is 4.62. The van der Waals surface area contributed by atoms with Crippen LogP contribution in [0.2, 0.25) is 0 Å². The minimum Gasteiger partial charge on any atom is -0.304 e. The minimum absolute atomic E-state index is 0.558. The monoisotopic (exact) mass is 201 g/mol. The van der Waals surface area contributed by atoms with Crippen LogP contribution >= 0.6 is 0 Å². The fourth-order valence-electron chi connectivity index (χ4n) is 2.30. The molecule has 3 nitrogen and oxygen atoms in total. The number of fused-ring (bicyclic) bond motifs is 1. The second-order valence-corrected chi connectivity index (χ2v) is 4.37. The summed E-state index contributed by atoms with van der Waals surface area (Å²) in [5, 5.41) is 5.86. The van der Waals surface area contributed by atoms with Crippen LogP contribution in [0.1, 0.15) is 12.5 Å². The second-order valence-electron chi connectivity index (χ2n) is 4.37. The van der Waals surface area contributed by atoms with E-state index in [0.717, 1.165) is 12.1 Å². The molecule has 1 aliphatic rings. The van der Waals surface area contributed by atoms with Crippen molar-refractivity contribution < 1.29 is 0 Å². The van der Waals surface area contributed by atoms with Crippen molar-refractivity contribution in [2.24, 2.45) is 0 Å². The molecule has 0 saturated carbocycles. The van der Waals surface area contributed by atoms with Crippen molar-refractivity contribution in [3.05, 3.63) is 30.5 Å². The fourth-order valence-corrected chi connectivity index (χ4v) is 2.30. The normalized spacial score (nSPS) is 22.6. The summed E-state index contributed by atoms with van der Waals surface area (Å²) in [6, 6.07) is 8.86. The molecule has 2 heterocycles. The Kier molecular flexibility index (Phi) is 1.99. The third-order valence-electron chi connectivity index (χ3n) is 3.17. The third kappa shape index (κ3) is 1.53. The van der Waals surface area contributed by atoms with Gasteiger partial charge in [0.1, 0.15) is 0 Å². The largest absolute Gasteiger partial charge is 0.304 e. The van der Waals surface area contributed by atoms with Gasteiger partial charge < -0.3 is 4.90 Å². The topological polar surface area (TPSA) is 21.1 Å². The van der Waals surface area contributed by atoms with Gasteiger partial charge in [0.05, 0.1) is 11.6 Å². The molecule has 0 radical (unpaired) electrons. The van der Waals surface area contributed by atoms with Crippen molar-refractivity contribution in [2.75, 3.05) is 20.1 Å². The van der Waals surface area contributed by atoms with Crippen LogP contribution in [0.25, 0.3) is 10.9 Å². The Morgan fingerprint density at radius 2 is 2.20 bits per heavy atom. The Morgan fingerprint density at radius 1 is 1.33 bits per heavy atom. The molecule has 0 N–H and O–H groups in total. The summed E-state index contributed by atoms with van der Waals surface area (Å²) in [4.78, 5) is 2.36. The summed E-state index contributed by atoms with van der Waals surface area (Å²) in [5.41, 5.74) is 1.10. The lowest BCUT2D eigenvalue weighted by Gasteiger charge is -2.10. The van der Waals surface area contributed by atoms with E-state index >= 15 is 0 Å². The number of nitrogens with zero attached hydrogens (tertiary/aromatic N) is 3. The zero-order valence-corrected chi connectivity index (χ0v) is 8.93. The number of likely N-dealkylation sites (N-methyl/N-ethyl adjacent to an activating group) is 1. The van der Waals surface area contributed by atoms with E-state index in [9.17, 15) is 0 Å². The van der Waals surface area contributed by atoms with E-state index in [-0.39, 0.29) is 0 Å². The molecule has 3 heteroatoms. The predicted molar refractivity (Wildman–Crippen MR) is 60.9 cm³/mol. The molecule has 1 aromatic heterocycles. The Hall–Kier alpha value is -1.35. The van der Waals surface area contributed by atoms with E-state index in [0.29, 0.717) is 6.04 Å². The summed E-state index contributed by atoms with van der Waals surface area (Å²) in [5.74, 6) is 0. The van der Waals surface area contributed by atoms with Crippen LogP contribution in [-0.4, -0.2) is 34.8 Å². The van der Waals surface area contributed by atoms with Gasteiger partial charge >= 0.3 is 0 Å². The van der Waals surface area contributed by atoms with Gasteiger partial charge in [-0.15, -0.1) is 0 Å². The summed E-state index contributed by atoms with van der Waals surface area (Å²) in [7, 11) is 2.17. The van der Waals surface area contributed by atoms with Gasteiger partial charge in [-0.05, 0) is 26.1 Å². The molecule has 78 valence electrons. The SMILES string of the molecule is CN1CCC(n2cc3ccccc3n2)C1. The van der Waals surface area contributed by atoms with E-state index in [2.05, 4.69) is 46.1 Å². The van der Waals surface area contributed by atoms with Gasteiger partial charge in [-0.1, -0.05) is 18.2 Å². The summed E-state index contributed by atoms with van der Waals surface area (Å²) < 4.78 is 2.13. The van der Waals surface area contributed by atoms with Crippen LogP contribution in [0.3, 0.4) is 0 Å². The first kappa shape index (κ1) is 8.92. The van der Waals surface area contributed by atoms with Crippen LogP contribution in [0.15, 0.2) is 30.5 Å². The number of benzene rings is 1. The van der Waals surface area contributed by atoms with Gasteiger partial charge in [-0.2, -0.15) is 5.10 Å². The minimum atomic E-state index is 0.558. The van der Waals surface area contributed by atoms with E-state index in [4.69, 9.17) is 0 Å². The molecule has 1 fully saturated rings. The summed E-state index contributed by atoms with van der Waals surface area (Å²) in [6.45, 7) is 2.30. The van der Waals surface area contributed by atoms with Crippen LogP contribution < -0.4 is 0 Å². The highest BCUT2D eigenvalue weighted by molar-refractivity contribution is 5.77.